The number of benzene rings is 1. The lowest BCUT2D eigenvalue weighted by Crippen LogP contribution is -2.28. The first kappa shape index (κ1) is 20.9. The number of rotatable bonds is 6. The maximum absolute atomic E-state index is 12.1. The molecular formula is C18H24BrN5O3. The van der Waals surface area contributed by atoms with Crippen LogP contribution in [0.1, 0.15) is 45.9 Å². The number of hydrogen-bond acceptors (Lipinski definition) is 7. The lowest BCUT2D eigenvalue weighted by molar-refractivity contribution is 0.228. The molecule has 0 saturated carbocycles. The standard InChI is InChI=1S/C18H24BrN5O3/c1-10(2)27-14-12(19)7-11(8-13(14)26-6)9-20-23-17-21-16(25)15(22-24-17)18(3,4)5/h7-10H,1-6H3,(H2,21,23,24,25)/b20-9+. The number of aromatic amines is 1. The third-order valence-electron chi connectivity index (χ3n) is 3.40. The quantitative estimate of drug-likeness (QED) is 0.529. The number of nitrogens with zero attached hydrogens (tertiary/aromatic N) is 3. The smallest absolute Gasteiger partial charge is 0.274 e. The molecule has 0 radical (unpaired) electrons. The molecule has 0 aliphatic carbocycles. The Balaban J connectivity index is 2.18. The Bertz CT molecular complexity index is 888. The maximum atomic E-state index is 12.1. The molecule has 0 amide bonds. The molecule has 1 heterocycles. The SMILES string of the molecule is COc1cc(/C=N/Nc2nnc(C(C)(C)C)c(=O)[nH]2)cc(Br)c1OC(C)C. The third kappa shape index (κ3) is 5.53. The molecule has 0 atom stereocenters. The lowest BCUT2D eigenvalue weighted by Gasteiger charge is -2.15. The van der Waals surface area contributed by atoms with Gasteiger partial charge in [0.05, 0.1) is 23.9 Å². The van der Waals surface area contributed by atoms with Gasteiger partial charge in [-0.3, -0.25) is 9.78 Å². The molecule has 27 heavy (non-hydrogen) atoms. The maximum Gasteiger partial charge on any atom is 0.274 e. The molecule has 8 nitrogen and oxygen atoms in total. The van der Waals surface area contributed by atoms with Gasteiger partial charge in [-0.1, -0.05) is 20.8 Å². The Morgan fingerprint density at radius 2 is 2.00 bits per heavy atom. The van der Waals surface area contributed by atoms with Gasteiger partial charge in [0.1, 0.15) is 5.69 Å². The molecule has 2 N–H and O–H groups in total. The van der Waals surface area contributed by atoms with Crippen LogP contribution in [0.15, 0.2) is 26.5 Å². The van der Waals surface area contributed by atoms with Crippen LogP contribution in [0.3, 0.4) is 0 Å². The van der Waals surface area contributed by atoms with Crippen LogP contribution in [0.5, 0.6) is 11.5 Å². The summed E-state index contributed by atoms with van der Waals surface area (Å²) >= 11 is 3.48. The summed E-state index contributed by atoms with van der Waals surface area (Å²) < 4.78 is 11.9. The van der Waals surface area contributed by atoms with E-state index in [2.05, 4.69) is 41.6 Å². The average molecular weight is 438 g/mol. The van der Waals surface area contributed by atoms with Gasteiger partial charge < -0.3 is 9.47 Å². The van der Waals surface area contributed by atoms with Crippen molar-refractivity contribution in [3.63, 3.8) is 0 Å². The second kappa shape index (κ2) is 8.51. The van der Waals surface area contributed by atoms with E-state index in [0.717, 1.165) is 10.0 Å². The highest BCUT2D eigenvalue weighted by molar-refractivity contribution is 9.10. The number of hydrazone groups is 1. The van der Waals surface area contributed by atoms with Gasteiger partial charge in [0.25, 0.3) is 5.56 Å². The second-order valence-electron chi connectivity index (χ2n) is 7.17. The summed E-state index contributed by atoms with van der Waals surface area (Å²) in [6.07, 6.45) is 1.59. The van der Waals surface area contributed by atoms with Crippen molar-refractivity contribution >= 4 is 28.1 Å². The fourth-order valence-corrected chi connectivity index (χ4v) is 2.76. The van der Waals surface area contributed by atoms with E-state index in [9.17, 15) is 4.79 Å². The van der Waals surface area contributed by atoms with Crippen LogP contribution in [0.2, 0.25) is 0 Å². The molecule has 9 heteroatoms. The molecule has 0 aliphatic heterocycles. The zero-order chi connectivity index (χ0) is 20.2. The van der Waals surface area contributed by atoms with E-state index in [0.29, 0.717) is 17.2 Å². The molecule has 0 bridgehead atoms. The number of methoxy groups -OCH3 is 1. The predicted molar refractivity (Wildman–Crippen MR) is 109 cm³/mol. The van der Waals surface area contributed by atoms with E-state index in [1.54, 1.807) is 19.4 Å². The minimum absolute atomic E-state index is 0.0165. The monoisotopic (exact) mass is 437 g/mol. The average Bonchev–Trinajstić information content (AvgIpc) is 2.55. The van der Waals surface area contributed by atoms with E-state index in [4.69, 9.17) is 9.47 Å². The predicted octanol–water partition coefficient (Wildman–Crippen LogP) is 3.47. The van der Waals surface area contributed by atoms with Gasteiger partial charge in [-0.25, -0.2) is 5.43 Å². The van der Waals surface area contributed by atoms with E-state index in [-0.39, 0.29) is 23.0 Å². The van der Waals surface area contributed by atoms with Crippen molar-refractivity contribution < 1.29 is 9.47 Å². The first-order valence-electron chi connectivity index (χ1n) is 8.42. The molecule has 0 spiro atoms. The van der Waals surface area contributed by atoms with Crippen LogP contribution in [-0.2, 0) is 5.41 Å². The summed E-state index contributed by atoms with van der Waals surface area (Å²) in [5.41, 5.74) is 3.12. The number of ether oxygens (including phenoxy) is 2. The molecule has 0 saturated heterocycles. The van der Waals surface area contributed by atoms with E-state index in [1.165, 1.54) is 0 Å². The largest absolute Gasteiger partial charge is 0.493 e. The van der Waals surface area contributed by atoms with Crippen LogP contribution in [0, 0.1) is 0 Å². The highest BCUT2D eigenvalue weighted by Crippen LogP contribution is 2.36. The topological polar surface area (TPSA) is 101 Å². The van der Waals surface area contributed by atoms with Crippen molar-refractivity contribution in [2.75, 3.05) is 12.5 Å². The van der Waals surface area contributed by atoms with Crippen LogP contribution >= 0.6 is 15.9 Å². The Labute approximate surface area is 166 Å². The fourth-order valence-electron chi connectivity index (χ4n) is 2.21. The third-order valence-corrected chi connectivity index (χ3v) is 3.99. The lowest BCUT2D eigenvalue weighted by atomic mass is 9.93. The molecule has 0 fully saturated rings. The fraction of sp³-hybridized carbons (Fsp3) is 0.444. The molecule has 0 aliphatic rings. The zero-order valence-electron chi connectivity index (χ0n) is 16.3. The van der Waals surface area contributed by atoms with Crippen LogP contribution < -0.4 is 20.5 Å². The van der Waals surface area contributed by atoms with Gasteiger partial charge in [0, 0.05) is 5.41 Å². The molecule has 1 aromatic carbocycles. The number of halogens is 1. The molecule has 2 rings (SSSR count). The van der Waals surface area contributed by atoms with Crippen LogP contribution in [0.4, 0.5) is 5.95 Å². The Morgan fingerprint density at radius 1 is 1.30 bits per heavy atom. The van der Waals surface area contributed by atoms with E-state index >= 15 is 0 Å². The molecule has 146 valence electrons. The first-order chi connectivity index (χ1) is 12.6. The van der Waals surface area contributed by atoms with Crippen molar-refractivity contribution in [3.8, 4) is 11.5 Å². The van der Waals surface area contributed by atoms with Crippen molar-refractivity contribution in [2.45, 2.75) is 46.1 Å². The van der Waals surface area contributed by atoms with Gasteiger partial charge in [-0.2, -0.15) is 5.10 Å². The van der Waals surface area contributed by atoms with Crippen molar-refractivity contribution in [1.82, 2.24) is 15.2 Å². The molecule has 0 unspecified atom stereocenters. The summed E-state index contributed by atoms with van der Waals surface area (Å²) in [6.45, 7) is 9.58. The summed E-state index contributed by atoms with van der Waals surface area (Å²) in [5, 5.41) is 12.0. The Hall–Kier alpha value is -2.42. The second-order valence-corrected chi connectivity index (χ2v) is 8.03. The summed E-state index contributed by atoms with van der Waals surface area (Å²) in [5.74, 6) is 1.38. The number of nitrogens with one attached hydrogen (secondary N) is 2. The van der Waals surface area contributed by atoms with Gasteiger partial charge in [0.2, 0.25) is 5.95 Å². The molecule has 2 aromatic rings. The Morgan fingerprint density at radius 3 is 2.56 bits per heavy atom. The highest BCUT2D eigenvalue weighted by Gasteiger charge is 2.20. The summed E-state index contributed by atoms with van der Waals surface area (Å²) in [4.78, 5) is 14.7. The minimum atomic E-state index is -0.384. The van der Waals surface area contributed by atoms with Gasteiger partial charge in [0.15, 0.2) is 11.5 Å². The Kier molecular flexibility index (Phi) is 6.59. The normalized spacial score (nSPS) is 11.9. The first-order valence-corrected chi connectivity index (χ1v) is 9.22. The van der Waals surface area contributed by atoms with Gasteiger partial charge >= 0.3 is 0 Å². The van der Waals surface area contributed by atoms with Crippen molar-refractivity contribution in [2.24, 2.45) is 5.10 Å². The van der Waals surface area contributed by atoms with Crippen LogP contribution in [-0.4, -0.2) is 34.6 Å². The van der Waals surface area contributed by atoms with Crippen molar-refractivity contribution in [1.29, 1.82) is 0 Å². The highest BCUT2D eigenvalue weighted by atomic mass is 79.9. The summed E-state index contributed by atoms with van der Waals surface area (Å²) in [7, 11) is 1.57. The molecular weight excluding hydrogens is 414 g/mol. The van der Waals surface area contributed by atoms with Gasteiger partial charge in [-0.05, 0) is 47.5 Å². The van der Waals surface area contributed by atoms with E-state index < -0.39 is 0 Å². The van der Waals surface area contributed by atoms with E-state index in [1.807, 2.05) is 40.7 Å². The molecule has 1 aromatic heterocycles. The zero-order valence-corrected chi connectivity index (χ0v) is 17.8. The van der Waals surface area contributed by atoms with Crippen LogP contribution in [0.25, 0.3) is 0 Å². The number of hydrogen-bond donors (Lipinski definition) is 2. The van der Waals surface area contributed by atoms with Crippen molar-refractivity contribution in [3.05, 3.63) is 38.2 Å². The summed E-state index contributed by atoms with van der Waals surface area (Å²) in [6, 6.07) is 3.65. The number of H-pyrrole nitrogens is 1. The number of anilines is 1. The minimum Gasteiger partial charge on any atom is -0.493 e. The number of aromatic nitrogens is 3. The van der Waals surface area contributed by atoms with Gasteiger partial charge in [-0.15, -0.1) is 10.2 Å².